The molecule has 0 aliphatic rings. The molecule has 0 aliphatic heterocycles. The highest BCUT2D eigenvalue weighted by Crippen LogP contribution is 2.37. The first-order valence-electron chi connectivity index (χ1n) is 8.10. The number of hydrogen-bond donors (Lipinski definition) is 2. The molecule has 2 N–H and O–H groups in total. The summed E-state index contributed by atoms with van der Waals surface area (Å²) < 4.78 is 5.18. The average molecular weight is 402 g/mol. The third kappa shape index (κ3) is 4.78. The molecule has 2 aromatic carbocycles. The van der Waals surface area contributed by atoms with Gasteiger partial charge in [0, 0.05) is 16.8 Å². The molecule has 0 unspecified atom stereocenters. The van der Waals surface area contributed by atoms with E-state index in [1.165, 1.54) is 12.1 Å². The highest BCUT2D eigenvalue weighted by molar-refractivity contribution is 6.31. The molecule has 0 bridgehead atoms. The van der Waals surface area contributed by atoms with Crippen molar-refractivity contribution in [3.05, 3.63) is 62.2 Å². The lowest BCUT2D eigenvalue weighted by Gasteiger charge is -2.08. The number of carbonyl (C=O) groups excluding carboxylic acids is 1. The maximum atomic E-state index is 12.4. The van der Waals surface area contributed by atoms with Gasteiger partial charge in [-0.05, 0) is 49.2 Å². The van der Waals surface area contributed by atoms with Crippen LogP contribution in [0.3, 0.4) is 0 Å². The second kappa shape index (κ2) is 8.88. The number of nitrogens with one attached hydrogen (secondary N) is 1. The van der Waals surface area contributed by atoms with E-state index >= 15 is 0 Å². The molecule has 0 atom stereocenters. The maximum absolute atomic E-state index is 12.4. The fraction of sp³-hybridized carbons (Fsp3) is 0.158. The summed E-state index contributed by atoms with van der Waals surface area (Å²) in [4.78, 5) is 22.7. The van der Waals surface area contributed by atoms with E-state index in [1.807, 2.05) is 6.92 Å². The van der Waals surface area contributed by atoms with Crippen LogP contribution in [-0.2, 0) is 4.79 Å². The second-order valence-corrected chi connectivity index (χ2v) is 6.07. The number of amides is 1. The van der Waals surface area contributed by atoms with E-state index in [0.29, 0.717) is 10.7 Å². The van der Waals surface area contributed by atoms with Crippen molar-refractivity contribution < 1.29 is 19.6 Å². The van der Waals surface area contributed by atoms with Gasteiger partial charge in [0.15, 0.2) is 5.75 Å². The largest absolute Gasteiger partial charge is 0.500 e. The Hall–Kier alpha value is -3.57. The van der Waals surface area contributed by atoms with Gasteiger partial charge in [-0.25, -0.2) is 0 Å². The number of rotatable bonds is 6. The van der Waals surface area contributed by atoms with Crippen molar-refractivity contribution in [2.24, 2.45) is 0 Å². The predicted octanol–water partition coefficient (Wildman–Crippen LogP) is 4.21. The Morgan fingerprint density at radius 3 is 2.71 bits per heavy atom. The molecule has 1 amide bonds. The standard InChI is InChI=1S/C19H16ClN3O5/c1-3-28-17-8-12(7-16(18(17)24)23(26)27)6-13(10-21)19(25)22-14-5-4-11(2)15(20)9-14/h4-9,24H,3H2,1-2H3,(H,22,25)/b13-6+. The Morgan fingerprint density at radius 1 is 1.43 bits per heavy atom. The van der Waals surface area contributed by atoms with E-state index in [1.54, 1.807) is 31.2 Å². The van der Waals surface area contributed by atoms with Crippen molar-refractivity contribution in [2.45, 2.75) is 13.8 Å². The lowest BCUT2D eigenvalue weighted by atomic mass is 10.1. The zero-order chi connectivity index (χ0) is 20.8. The van der Waals surface area contributed by atoms with Crippen LogP contribution in [-0.4, -0.2) is 22.5 Å². The molecule has 0 radical (unpaired) electrons. The van der Waals surface area contributed by atoms with Crippen molar-refractivity contribution in [3.8, 4) is 17.6 Å². The lowest BCUT2D eigenvalue weighted by Crippen LogP contribution is -2.13. The van der Waals surface area contributed by atoms with Gasteiger partial charge < -0.3 is 15.2 Å². The molecular weight excluding hydrogens is 386 g/mol. The molecule has 2 rings (SSSR count). The Labute approximate surface area is 165 Å². The molecule has 28 heavy (non-hydrogen) atoms. The van der Waals surface area contributed by atoms with Crippen LogP contribution in [0.25, 0.3) is 6.08 Å². The number of nitro benzene ring substituents is 1. The van der Waals surface area contributed by atoms with Crippen LogP contribution in [0.2, 0.25) is 5.02 Å². The number of halogens is 1. The highest BCUT2D eigenvalue weighted by Gasteiger charge is 2.20. The van der Waals surface area contributed by atoms with Crippen LogP contribution in [0.15, 0.2) is 35.9 Å². The molecule has 0 fully saturated rings. The van der Waals surface area contributed by atoms with Gasteiger partial charge >= 0.3 is 5.69 Å². The minimum absolute atomic E-state index is 0.119. The Morgan fingerprint density at radius 2 is 2.14 bits per heavy atom. The number of aromatic hydroxyl groups is 1. The number of phenols is 1. The smallest absolute Gasteiger partial charge is 0.315 e. The number of nitriles is 1. The van der Waals surface area contributed by atoms with Gasteiger partial charge in [0.1, 0.15) is 11.6 Å². The normalized spacial score (nSPS) is 10.9. The number of carbonyl (C=O) groups is 1. The number of phenolic OH excluding ortho intramolecular Hbond substituents is 1. The summed E-state index contributed by atoms with van der Waals surface area (Å²) in [5.41, 5.74) is 0.491. The average Bonchev–Trinajstić information content (AvgIpc) is 2.64. The van der Waals surface area contributed by atoms with Crippen LogP contribution >= 0.6 is 11.6 Å². The molecule has 2 aromatic rings. The van der Waals surface area contributed by atoms with E-state index < -0.39 is 22.3 Å². The minimum Gasteiger partial charge on any atom is -0.500 e. The van der Waals surface area contributed by atoms with Crippen molar-refractivity contribution in [2.75, 3.05) is 11.9 Å². The molecule has 0 aromatic heterocycles. The summed E-state index contributed by atoms with van der Waals surface area (Å²) >= 11 is 6.02. The fourth-order valence-corrected chi connectivity index (χ4v) is 2.47. The molecule has 144 valence electrons. The van der Waals surface area contributed by atoms with Crippen LogP contribution in [0.4, 0.5) is 11.4 Å². The van der Waals surface area contributed by atoms with Crippen LogP contribution in [0.5, 0.6) is 11.5 Å². The highest BCUT2D eigenvalue weighted by atomic mass is 35.5. The number of ether oxygens (including phenoxy) is 1. The van der Waals surface area contributed by atoms with E-state index in [0.717, 1.165) is 11.6 Å². The van der Waals surface area contributed by atoms with Gasteiger partial charge in [-0.3, -0.25) is 14.9 Å². The lowest BCUT2D eigenvalue weighted by molar-refractivity contribution is -0.386. The van der Waals surface area contributed by atoms with E-state index in [4.69, 9.17) is 16.3 Å². The summed E-state index contributed by atoms with van der Waals surface area (Å²) in [7, 11) is 0. The predicted molar refractivity (Wildman–Crippen MR) is 104 cm³/mol. The summed E-state index contributed by atoms with van der Waals surface area (Å²) in [6.07, 6.45) is 1.17. The van der Waals surface area contributed by atoms with Crippen LogP contribution in [0, 0.1) is 28.4 Å². The Bertz CT molecular complexity index is 1010. The van der Waals surface area contributed by atoms with Gasteiger partial charge in [0.05, 0.1) is 11.5 Å². The molecule has 0 saturated carbocycles. The Kier molecular flexibility index (Phi) is 6.58. The number of anilines is 1. The molecule has 8 nitrogen and oxygen atoms in total. The van der Waals surface area contributed by atoms with Crippen molar-refractivity contribution in [1.29, 1.82) is 5.26 Å². The van der Waals surface area contributed by atoms with Gasteiger partial charge in [0.2, 0.25) is 5.75 Å². The summed E-state index contributed by atoms with van der Waals surface area (Å²) in [6, 6.07) is 9.00. The summed E-state index contributed by atoms with van der Waals surface area (Å²) in [6.45, 7) is 3.62. The van der Waals surface area contributed by atoms with Gasteiger partial charge in [-0.15, -0.1) is 0 Å². The fourth-order valence-electron chi connectivity index (χ4n) is 2.29. The monoisotopic (exact) mass is 401 g/mol. The topological polar surface area (TPSA) is 125 Å². The third-order valence-electron chi connectivity index (χ3n) is 3.68. The number of nitro groups is 1. The molecule has 0 spiro atoms. The molecule has 0 aliphatic carbocycles. The first-order chi connectivity index (χ1) is 13.3. The Balaban J connectivity index is 2.39. The van der Waals surface area contributed by atoms with Crippen LogP contribution in [0.1, 0.15) is 18.1 Å². The zero-order valence-corrected chi connectivity index (χ0v) is 15.8. The van der Waals surface area contributed by atoms with Crippen LogP contribution < -0.4 is 10.1 Å². The van der Waals surface area contributed by atoms with Crippen molar-refractivity contribution >= 4 is 35.0 Å². The molecule has 0 saturated heterocycles. The first kappa shape index (κ1) is 20.7. The summed E-state index contributed by atoms with van der Waals surface area (Å²) in [5.74, 6) is -1.46. The van der Waals surface area contributed by atoms with Gasteiger partial charge in [0.25, 0.3) is 5.91 Å². The maximum Gasteiger partial charge on any atom is 0.315 e. The molecule has 0 heterocycles. The van der Waals surface area contributed by atoms with Gasteiger partial charge in [-0.2, -0.15) is 5.26 Å². The second-order valence-electron chi connectivity index (χ2n) is 5.66. The molecular formula is C19H16ClN3O5. The third-order valence-corrected chi connectivity index (χ3v) is 4.09. The van der Waals surface area contributed by atoms with Crippen molar-refractivity contribution in [1.82, 2.24) is 0 Å². The van der Waals surface area contributed by atoms with Crippen molar-refractivity contribution in [3.63, 3.8) is 0 Å². The number of hydrogen-bond acceptors (Lipinski definition) is 6. The number of nitrogens with zero attached hydrogens (tertiary/aromatic N) is 2. The van der Waals surface area contributed by atoms with Gasteiger partial charge in [-0.1, -0.05) is 17.7 Å². The molecule has 9 heteroatoms. The van der Waals surface area contributed by atoms with E-state index in [-0.39, 0.29) is 23.5 Å². The first-order valence-corrected chi connectivity index (χ1v) is 8.48. The number of benzene rings is 2. The number of aryl methyl sites for hydroxylation is 1. The SMILES string of the molecule is CCOc1cc(/C=C(\C#N)C(=O)Nc2ccc(C)c(Cl)c2)cc([N+](=O)[O-])c1O. The summed E-state index contributed by atoms with van der Waals surface area (Å²) in [5, 5.41) is 33.4. The quantitative estimate of drug-likeness (QED) is 0.323. The minimum atomic E-state index is -0.782. The zero-order valence-electron chi connectivity index (χ0n) is 15.0. The van der Waals surface area contributed by atoms with E-state index in [2.05, 4.69) is 5.32 Å². The van der Waals surface area contributed by atoms with E-state index in [9.17, 15) is 25.3 Å².